The maximum atomic E-state index is 14.1. The molecule has 4 rings (SSSR count). The van der Waals surface area contributed by atoms with Gasteiger partial charge in [-0.3, -0.25) is 14.5 Å². The van der Waals surface area contributed by atoms with E-state index in [1.165, 1.54) is 6.07 Å². The van der Waals surface area contributed by atoms with Crippen molar-refractivity contribution in [2.75, 3.05) is 31.5 Å². The number of piperidine rings is 1. The lowest BCUT2D eigenvalue weighted by atomic mass is 9.95. The number of para-hydroxylation sites is 1. The number of halogens is 2. The summed E-state index contributed by atoms with van der Waals surface area (Å²) in [5.74, 6) is -0.509. The second kappa shape index (κ2) is 11.1. The Bertz CT molecular complexity index is 963. The Hall–Kier alpha value is -2.44. The number of nitrogens with zero attached hydrogens (tertiary/aromatic N) is 2. The van der Waals surface area contributed by atoms with Gasteiger partial charge in [-0.05, 0) is 63.0 Å². The van der Waals surface area contributed by atoms with Crippen molar-refractivity contribution < 1.29 is 14.0 Å². The lowest BCUT2D eigenvalue weighted by Gasteiger charge is -2.31. The Kier molecular flexibility index (Phi) is 7.99. The minimum absolute atomic E-state index is 0.00983. The smallest absolute Gasteiger partial charge is 0.255 e. The van der Waals surface area contributed by atoms with Gasteiger partial charge in [0.15, 0.2) is 0 Å². The minimum Gasteiger partial charge on any atom is -0.339 e. The molecule has 0 radical (unpaired) electrons. The molecule has 33 heavy (non-hydrogen) atoms. The van der Waals surface area contributed by atoms with Crippen LogP contribution in [-0.2, 0) is 11.3 Å². The van der Waals surface area contributed by atoms with E-state index in [0.717, 1.165) is 38.8 Å². The first-order chi connectivity index (χ1) is 16.0. The Labute approximate surface area is 199 Å². The van der Waals surface area contributed by atoms with Crippen molar-refractivity contribution in [3.8, 4) is 0 Å². The van der Waals surface area contributed by atoms with Crippen molar-refractivity contribution in [2.24, 2.45) is 5.92 Å². The first-order valence-electron chi connectivity index (χ1n) is 11.9. The van der Waals surface area contributed by atoms with Gasteiger partial charge in [0.25, 0.3) is 5.91 Å². The zero-order valence-corrected chi connectivity index (χ0v) is 19.6. The van der Waals surface area contributed by atoms with E-state index in [1.807, 2.05) is 17.0 Å². The van der Waals surface area contributed by atoms with E-state index in [2.05, 4.69) is 10.2 Å². The Morgan fingerprint density at radius 3 is 2.33 bits per heavy atom. The summed E-state index contributed by atoms with van der Waals surface area (Å²) >= 11 is 6.16. The summed E-state index contributed by atoms with van der Waals surface area (Å²) in [5, 5.41) is 3.44. The highest BCUT2D eigenvalue weighted by atomic mass is 35.5. The quantitative estimate of drug-likeness (QED) is 0.639. The molecule has 1 N–H and O–H groups in total. The highest BCUT2D eigenvalue weighted by Gasteiger charge is 2.27. The molecule has 2 aliphatic rings. The highest BCUT2D eigenvalue weighted by Crippen LogP contribution is 2.26. The van der Waals surface area contributed by atoms with Crippen LogP contribution in [0.2, 0.25) is 5.02 Å². The number of likely N-dealkylation sites (tertiary alicyclic amines) is 2. The molecule has 0 unspecified atom stereocenters. The number of nitrogens with one attached hydrogen (secondary N) is 1. The molecule has 5 nitrogen and oxygen atoms in total. The normalized spacial score (nSPS) is 18.1. The first-order valence-corrected chi connectivity index (χ1v) is 12.2. The van der Waals surface area contributed by atoms with Crippen molar-refractivity contribution in [3.63, 3.8) is 0 Å². The molecule has 0 saturated carbocycles. The zero-order valence-electron chi connectivity index (χ0n) is 18.9. The van der Waals surface area contributed by atoms with E-state index in [-0.39, 0.29) is 23.5 Å². The van der Waals surface area contributed by atoms with E-state index in [9.17, 15) is 14.0 Å². The van der Waals surface area contributed by atoms with Crippen LogP contribution in [0, 0.1) is 11.7 Å². The van der Waals surface area contributed by atoms with Gasteiger partial charge in [-0.1, -0.05) is 42.6 Å². The van der Waals surface area contributed by atoms with Gasteiger partial charge in [0.2, 0.25) is 5.91 Å². The number of amides is 2. The Balaban J connectivity index is 1.35. The largest absolute Gasteiger partial charge is 0.339 e. The number of hydrogen-bond donors (Lipinski definition) is 1. The molecule has 0 atom stereocenters. The van der Waals surface area contributed by atoms with Crippen LogP contribution in [0.4, 0.5) is 10.1 Å². The summed E-state index contributed by atoms with van der Waals surface area (Å²) in [5.41, 5.74) is 1.64. The van der Waals surface area contributed by atoms with Gasteiger partial charge in [0, 0.05) is 36.1 Å². The average Bonchev–Trinajstić information content (AvgIpc) is 3.11. The summed E-state index contributed by atoms with van der Waals surface area (Å²) in [6.45, 7) is 3.36. The van der Waals surface area contributed by atoms with Crippen LogP contribution in [0.15, 0.2) is 42.5 Å². The molecule has 2 amide bonds. The van der Waals surface area contributed by atoms with Crippen molar-refractivity contribution in [1.29, 1.82) is 0 Å². The molecule has 2 aromatic rings. The lowest BCUT2D eigenvalue weighted by Crippen LogP contribution is -2.38. The third-order valence-electron chi connectivity index (χ3n) is 6.71. The maximum Gasteiger partial charge on any atom is 0.255 e. The molecular formula is C26H31ClFN3O2. The standard InChI is InChI=1S/C26H31ClFN3O2/c27-22-9-7-10-23(28)21(22)18-30-16-12-19(13-17-30)25(32)29-24-11-4-3-8-20(24)26(33)31-14-5-1-2-6-15-31/h3-4,7-11,19H,1-2,5-6,12-18H2,(H,29,32). The molecule has 0 spiro atoms. The predicted molar refractivity (Wildman–Crippen MR) is 129 cm³/mol. The second-order valence-electron chi connectivity index (χ2n) is 8.99. The third kappa shape index (κ3) is 5.92. The molecule has 2 fully saturated rings. The van der Waals surface area contributed by atoms with Crippen LogP contribution in [0.1, 0.15) is 54.4 Å². The van der Waals surface area contributed by atoms with Crippen molar-refractivity contribution in [1.82, 2.24) is 9.80 Å². The second-order valence-corrected chi connectivity index (χ2v) is 9.40. The number of benzene rings is 2. The summed E-state index contributed by atoms with van der Waals surface area (Å²) in [7, 11) is 0. The molecule has 0 aromatic heterocycles. The van der Waals surface area contributed by atoms with Crippen LogP contribution in [-0.4, -0.2) is 47.8 Å². The van der Waals surface area contributed by atoms with Crippen molar-refractivity contribution in [2.45, 2.75) is 45.1 Å². The Morgan fingerprint density at radius 2 is 1.64 bits per heavy atom. The fourth-order valence-electron chi connectivity index (χ4n) is 4.72. The van der Waals surface area contributed by atoms with Crippen molar-refractivity contribution in [3.05, 3.63) is 64.4 Å². The molecule has 0 aliphatic carbocycles. The molecule has 7 heteroatoms. The van der Waals surface area contributed by atoms with Crippen LogP contribution in [0.5, 0.6) is 0 Å². The molecular weight excluding hydrogens is 441 g/mol. The summed E-state index contributed by atoms with van der Waals surface area (Å²) in [6.07, 6.45) is 5.72. The number of carbonyl (C=O) groups excluding carboxylic acids is 2. The molecule has 0 bridgehead atoms. The van der Waals surface area contributed by atoms with E-state index < -0.39 is 0 Å². The SMILES string of the molecule is O=C(Nc1ccccc1C(=O)N1CCCCCC1)C1CCN(Cc2c(F)cccc2Cl)CC1. The minimum atomic E-state index is -0.298. The number of rotatable bonds is 5. The molecule has 176 valence electrons. The van der Waals surface area contributed by atoms with E-state index >= 15 is 0 Å². The third-order valence-corrected chi connectivity index (χ3v) is 7.06. The monoisotopic (exact) mass is 471 g/mol. The summed E-state index contributed by atoms with van der Waals surface area (Å²) < 4.78 is 14.1. The van der Waals surface area contributed by atoms with E-state index in [4.69, 9.17) is 11.6 Å². The van der Waals surface area contributed by atoms with Crippen LogP contribution in [0.25, 0.3) is 0 Å². The fraction of sp³-hybridized carbons (Fsp3) is 0.462. The zero-order chi connectivity index (χ0) is 23.2. The van der Waals surface area contributed by atoms with Crippen LogP contribution in [0.3, 0.4) is 0 Å². The number of carbonyl (C=O) groups is 2. The van der Waals surface area contributed by atoms with Gasteiger partial charge in [-0.2, -0.15) is 0 Å². The maximum absolute atomic E-state index is 14.1. The number of hydrogen-bond acceptors (Lipinski definition) is 3. The average molecular weight is 472 g/mol. The summed E-state index contributed by atoms with van der Waals surface area (Å²) in [4.78, 5) is 30.2. The first kappa shape index (κ1) is 23.7. The van der Waals surface area contributed by atoms with Gasteiger partial charge in [0.1, 0.15) is 5.82 Å². The molecule has 2 saturated heterocycles. The molecule has 2 heterocycles. The highest BCUT2D eigenvalue weighted by molar-refractivity contribution is 6.31. The molecule has 2 aromatic carbocycles. The van der Waals surface area contributed by atoms with Gasteiger partial charge in [-0.15, -0.1) is 0 Å². The lowest BCUT2D eigenvalue weighted by molar-refractivity contribution is -0.121. The molecule has 2 aliphatic heterocycles. The topological polar surface area (TPSA) is 52.7 Å². The summed E-state index contributed by atoms with van der Waals surface area (Å²) in [6, 6.07) is 12.0. The Morgan fingerprint density at radius 1 is 0.939 bits per heavy atom. The van der Waals surface area contributed by atoms with E-state index in [1.54, 1.807) is 24.3 Å². The van der Waals surface area contributed by atoms with Gasteiger partial charge in [0.05, 0.1) is 11.3 Å². The number of anilines is 1. The van der Waals surface area contributed by atoms with Gasteiger partial charge in [-0.25, -0.2) is 4.39 Å². The van der Waals surface area contributed by atoms with Crippen LogP contribution >= 0.6 is 11.6 Å². The van der Waals surface area contributed by atoms with Crippen molar-refractivity contribution >= 4 is 29.1 Å². The van der Waals surface area contributed by atoms with E-state index in [0.29, 0.717) is 54.3 Å². The van der Waals surface area contributed by atoms with Gasteiger partial charge >= 0.3 is 0 Å². The van der Waals surface area contributed by atoms with Crippen LogP contribution < -0.4 is 5.32 Å². The van der Waals surface area contributed by atoms with Gasteiger partial charge < -0.3 is 10.2 Å². The predicted octanol–water partition coefficient (Wildman–Crippen LogP) is 5.35. The fourth-order valence-corrected chi connectivity index (χ4v) is 4.94.